The Morgan fingerprint density at radius 1 is 1.38 bits per heavy atom. The third-order valence-electron chi connectivity index (χ3n) is 4.42. The van der Waals surface area contributed by atoms with E-state index >= 15 is 0 Å². The molecule has 8 nitrogen and oxygen atoms in total. The van der Waals surface area contributed by atoms with Crippen LogP contribution in [-0.2, 0) is 14.3 Å². The highest BCUT2D eigenvalue weighted by Crippen LogP contribution is 2.21. The first kappa shape index (κ1) is 17.2. The number of amides is 2. The molecule has 3 rings (SSSR count). The van der Waals surface area contributed by atoms with Crippen LogP contribution in [0.1, 0.15) is 25.7 Å². The number of H-pyrrole nitrogens is 1. The number of likely N-dealkylation sites (tertiary alicyclic amines) is 1. The first-order valence-corrected chi connectivity index (χ1v) is 9.39. The molecule has 24 heavy (non-hydrogen) atoms. The van der Waals surface area contributed by atoms with Gasteiger partial charge in [0.1, 0.15) is 12.4 Å². The predicted octanol–water partition coefficient (Wildman–Crippen LogP) is 0.431. The fraction of sp³-hybridized carbons (Fsp3) is 0.733. The number of piperidine rings is 1. The maximum atomic E-state index is 12.3. The number of thioether (sulfide) groups is 1. The van der Waals surface area contributed by atoms with Crippen LogP contribution in [0.4, 0.5) is 0 Å². The van der Waals surface area contributed by atoms with Gasteiger partial charge >= 0.3 is 0 Å². The van der Waals surface area contributed by atoms with Crippen LogP contribution in [0.5, 0.6) is 0 Å². The summed E-state index contributed by atoms with van der Waals surface area (Å²) in [6.45, 7) is 2.56. The fourth-order valence-corrected chi connectivity index (χ4v) is 3.70. The summed E-state index contributed by atoms with van der Waals surface area (Å²) in [6, 6.07) is 0. The third-order valence-corrected chi connectivity index (χ3v) is 5.29. The molecule has 1 unspecified atom stereocenters. The first-order valence-electron chi connectivity index (χ1n) is 8.40. The van der Waals surface area contributed by atoms with Crippen LogP contribution in [0.3, 0.4) is 0 Å². The maximum absolute atomic E-state index is 12.3. The standard InChI is InChI=1S/C15H23N5O3S/c21-13(16-5-9-24-15-17-10-18-19-15)11-3-6-20(7-4-11)14(22)12-2-1-8-23-12/h10-12H,1-9H2,(H,16,21)(H,17,18,19). The van der Waals surface area contributed by atoms with Crippen molar-refractivity contribution in [1.82, 2.24) is 25.4 Å². The largest absolute Gasteiger partial charge is 0.368 e. The highest BCUT2D eigenvalue weighted by atomic mass is 32.2. The zero-order chi connectivity index (χ0) is 16.8. The minimum absolute atomic E-state index is 0.00572. The van der Waals surface area contributed by atoms with Gasteiger partial charge in [-0.15, -0.1) is 0 Å². The van der Waals surface area contributed by atoms with Crippen molar-refractivity contribution < 1.29 is 14.3 Å². The van der Waals surface area contributed by atoms with Crippen LogP contribution in [0, 0.1) is 5.92 Å². The van der Waals surface area contributed by atoms with Gasteiger partial charge in [0.2, 0.25) is 5.91 Å². The summed E-state index contributed by atoms with van der Waals surface area (Å²) in [7, 11) is 0. The van der Waals surface area contributed by atoms with E-state index in [0.29, 0.717) is 26.2 Å². The minimum atomic E-state index is -0.261. The lowest BCUT2D eigenvalue weighted by Gasteiger charge is -2.32. The summed E-state index contributed by atoms with van der Waals surface area (Å²) in [5, 5.41) is 10.3. The van der Waals surface area contributed by atoms with Gasteiger partial charge < -0.3 is 15.0 Å². The van der Waals surface area contributed by atoms with Crippen LogP contribution in [0.15, 0.2) is 11.5 Å². The lowest BCUT2D eigenvalue weighted by atomic mass is 9.95. The Balaban J connectivity index is 1.33. The number of aromatic nitrogens is 3. The molecule has 0 aliphatic carbocycles. The molecule has 0 spiro atoms. The molecule has 2 aliphatic rings. The van der Waals surface area contributed by atoms with Crippen molar-refractivity contribution in [3.8, 4) is 0 Å². The van der Waals surface area contributed by atoms with Gasteiger partial charge in [-0.2, -0.15) is 5.10 Å². The summed E-state index contributed by atoms with van der Waals surface area (Å²) in [4.78, 5) is 30.4. The molecule has 9 heteroatoms. The number of carbonyl (C=O) groups excluding carboxylic acids is 2. The molecular weight excluding hydrogens is 330 g/mol. The normalized spacial score (nSPS) is 21.8. The van der Waals surface area contributed by atoms with Gasteiger partial charge in [0.15, 0.2) is 5.16 Å². The highest BCUT2D eigenvalue weighted by Gasteiger charge is 2.32. The topological polar surface area (TPSA) is 100 Å². The van der Waals surface area contributed by atoms with E-state index in [1.54, 1.807) is 0 Å². The van der Waals surface area contributed by atoms with Crippen molar-refractivity contribution >= 4 is 23.6 Å². The Kier molecular flexibility index (Phi) is 6.08. The van der Waals surface area contributed by atoms with Gasteiger partial charge in [-0.05, 0) is 25.7 Å². The van der Waals surface area contributed by atoms with Gasteiger partial charge in [-0.25, -0.2) is 4.98 Å². The molecule has 3 heterocycles. The number of rotatable bonds is 6. The molecule has 1 aromatic heterocycles. The molecule has 2 aliphatic heterocycles. The number of aromatic amines is 1. The Morgan fingerprint density at radius 2 is 2.21 bits per heavy atom. The summed E-state index contributed by atoms with van der Waals surface area (Å²) in [6.07, 6.45) is 4.43. The second-order valence-corrected chi connectivity index (χ2v) is 7.11. The van der Waals surface area contributed by atoms with E-state index in [9.17, 15) is 9.59 Å². The van der Waals surface area contributed by atoms with Gasteiger partial charge in [0, 0.05) is 37.9 Å². The Bertz CT molecular complexity index is 539. The third kappa shape index (κ3) is 4.47. The Morgan fingerprint density at radius 3 is 2.88 bits per heavy atom. The van der Waals surface area contributed by atoms with Crippen molar-refractivity contribution in [1.29, 1.82) is 0 Å². The Hall–Kier alpha value is -1.61. The number of hydrogen-bond donors (Lipinski definition) is 2. The quantitative estimate of drug-likeness (QED) is 0.568. The maximum Gasteiger partial charge on any atom is 0.251 e. The molecular formula is C15H23N5O3S. The molecule has 2 fully saturated rings. The zero-order valence-corrected chi connectivity index (χ0v) is 14.4. The van der Waals surface area contributed by atoms with E-state index in [4.69, 9.17) is 4.74 Å². The molecule has 0 bridgehead atoms. The predicted molar refractivity (Wildman–Crippen MR) is 88.4 cm³/mol. The van der Waals surface area contributed by atoms with Gasteiger partial charge in [0.05, 0.1) is 0 Å². The van der Waals surface area contributed by atoms with E-state index in [1.165, 1.54) is 18.1 Å². The first-order chi connectivity index (χ1) is 11.7. The average molecular weight is 353 g/mol. The summed E-state index contributed by atoms with van der Waals surface area (Å²) in [5.41, 5.74) is 0. The molecule has 0 aromatic carbocycles. The van der Waals surface area contributed by atoms with Crippen molar-refractivity contribution in [2.75, 3.05) is 32.0 Å². The molecule has 2 saturated heterocycles. The molecule has 0 saturated carbocycles. The summed E-state index contributed by atoms with van der Waals surface area (Å²) in [5.74, 6) is 0.915. The molecule has 132 valence electrons. The lowest BCUT2D eigenvalue weighted by molar-refractivity contribution is -0.143. The molecule has 0 radical (unpaired) electrons. The van der Waals surface area contributed by atoms with Crippen molar-refractivity contribution in [2.24, 2.45) is 5.92 Å². The second kappa shape index (κ2) is 8.48. The number of nitrogens with zero attached hydrogens (tertiary/aromatic N) is 3. The van der Waals surface area contributed by atoms with E-state index < -0.39 is 0 Å². The number of carbonyl (C=O) groups is 2. The smallest absolute Gasteiger partial charge is 0.251 e. The summed E-state index contributed by atoms with van der Waals surface area (Å²) >= 11 is 1.52. The second-order valence-electron chi connectivity index (χ2n) is 6.03. The highest BCUT2D eigenvalue weighted by molar-refractivity contribution is 7.99. The molecule has 1 aromatic rings. The van der Waals surface area contributed by atoms with Crippen molar-refractivity contribution in [3.05, 3.63) is 6.33 Å². The van der Waals surface area contributed by atoms with Crippen LogP contribution in [0.2, 0.25) is 0 Å². The zero-order valence-electron chi connectivity index (χ0n) is 13.6. The van der Waals surface area contributed by atoms with Crippen molar-refractivity contribution in [3.63, 3.8) is 0 Å². The SMILES string of the molecule is O=C(NCCSc1ncn[nH]1)C1CCN(C(=O)C2CCCO2)CC1. The Labute approximate surface area is 145 Å². The van der Waals surface area contributed by atoms with Gasteiger partial charge in [-0.1, -0.05) is 11.8 Å². The number of hydrogen-bond acceptors (Lipinski definition) is 6. The van der Waals surface area contributed by atoms with E-state index in [2.05, 4.69) is 20.5 Å². The van der Waals surface area contributed by atoms with Gasteiger partial charge in [0.25, 0.3) is 5.91 Å². The van der Waals surface area contributed by atoms with E-state index in [0.717, 1.165) is 36.6 Å². The van der Waals surface area contributed by atoms with E-state index in [1.807, 2.05) is 4.90 Å². The fourth-order valence-electron chi connectivity index (χ4n) is 3.07. The van der Waals surface area contributed by atoms with Crippen LogP contribution in [-0.4, -0.2) is 70.0 Å². The number of ether oxygens (including phenoxy) is 1. The van der Waals surface area contributed by atoms with Crippen LogP contribution < -0.4 is 5.32 Å². The van der Waals surface area contributed by atoms with Crippen LogP contribution in [0.25, 0.3) is 0 Å². The van der Waals surface area contributed by atoms with Gasteiger partial charge in [-0.3, -0.25) is 14.7 Å². The lowest BCUT2D eigenvalue weighted by Crippen LogP contribution is -2.46. The summed E-state index contributed by atoms with van der Waals surface area (Å²) < 4.78 is 5.45. The average Bonchev–Trinajstić information content (AvgIpc) is 3.31. The number of nitrogens with one attached hydrogen (secondary N) is 2. The van der Waals surface area contributed by atoms with E-state index in [-0.39, 0.29) is 23.8 Å². The minimum Gasteiger partial charge on any atom is -0.368 e. The van der Waals surface area contributed by atoms with Crippen molar-refractivity contribution in [2.45, 2.75) is 36.9 Å². The monoisotopic (exact) mass is 353 g/mol. The molecule has 1 atom stereocenters. The van der Waals surface area contributed by atoms with Crippen LogP contribution >= 0.6 is 11.8 Å². The molecule has 2 N–H and O–H groups in total. The molecule has 2 amide bonds.